The maximum Gasteiger partial charge on any atom is 0.159 e. The number of hydrogen-bond acceptors (Lipinski definition) is 6. The zero-order valence-electron chi connectivity index (χ0n) is 17.9. The molecular formula is C28H16N6. The molecule has 0 radical (unpaired) electrons. The largest absolute Gasteiger partial charge is 0.252 e. The molecule has 0 bridgehead atoms. The van der Waals surface area contributed by atoms with E-state index in [2.05, 4.69) is 38.1 Å². The fourth-order valence-corrected chi connectivity index (χ4v) is 4.43. The molecule has 0 spiro atoms. The molecule has 6 heteroatoms. The monoisotopic (exact) mass is 436 g/mol. The SMILES string of the molecule is c1ccc2nc(-c3ccc4ncc(-c5cccc6c5ccc5cncnc56)nc4c3)ncc2c1. The third kappa shape index (κ3) is 2.97. The summed E-state index contributed by atoms with van der Waals surface area (Å²) in [6.07, 6.45) is 7.10. The van der Waals surface area contributed by atoms with Crippen LogP contribution in [-0.2, 0) is 0 Å². The van der Waals surface area contributed by atoms with Crippen LogP contribution in [0.1, 0.15) is 0 Å². The van der Waals surface area contributed by atoms with Gasteiger partial charge in [0.15, 0.2) is 5.82 Å². The van der Waals surface area contributed by atoms with E-state index in [-0.39, 0.29) is 0 Å². The molecule has 3 heterocycles. The quantitative estimate of drug-likeness (QED) is 0.309. The predicted octanol–water partition coefficient (Wildman–Crippen LogP) is 6.00. The van der Waals surface area contributed by atoms with Crippen LogP contribution < -0.4 is 0 Å². The molecule has 7 aromatic rings. The highest BCUT2D eigenvalue weighted by Gasteiger charge is 2.11. The molecule has 0 saturated heterocycles. The van der Waals surface area contributed by atoms with Crippen molar-refractivity contribution in [3.63, 3.8) is 0 Å². The second-order valence-corrected chi connectivity index (χ2v) is 8.14. The van der Waals surface area contributed by atoms with Gasteiger partial charge in [0.25, 0.3) is 0 Å². The number of nitrogens with zero attached hydrogens (tertiary/aromatic N) is 6. The van der Waals surface area contributed by atoms with Crippen molar-refractivity contribution in [3.05, 3.63) is 97.7 Å². The fourth-order valence-electron chi connectivity index (χ4n) is 4.43. The van der Waals surface area contributed by atoms with Gasteiger partial charge < -0.3 is 0 Å². The topological polar surface area (TPSA) is 77.3 Å². The lowest BCUT2D eigenvalue weighted by atomic mass is 10.00. The van der Waals surface area contributed by atoms with E-state index in [1.807, 2.05) is 73.2 Å². The Morgan fingerprint density at radius 2 is 1.53 bits per heavy atom. The molecule has 0 aliphatic carbocycles. The van der Waals surface area contributed by atoms with Gasteiger partial charge in [-0.3, -0.25) is 4.98 Å². The molecule has 0 amide bonds. The Hall–Kier alpha value is -4.84. The number of aromatic nitrogens is 6. The second kappa shape index (κ2) is 7.35. The van der Waals surface area contributed by atoms with Crippen LogP contribution in [0.15, 0.2) is 97.7 Å². The fraction of sp³-hybridized carbons (Fsp3) is 0. The summed E-state index contributed by atoms with van der Waals surface area (Å²) in [7, 11) is 0. The summed E-state index contributed by atoms with van der Waals surface area (Å²) in [5.41, 5.74) is 6.20. The van der Waals surface area contributed by atoms with Gasteiger partial charge in [-0.05, 0) is 29.7 Å². The number of fused-ring (bicyclic) bond motifs is 5. The predicted molar refractivity (Wildman–Crippen MR) is 134 cm³/mol. The molecule has 3 aromatic heterocycles. The molecule has 0 fully saturated rings. The van der Waals surface area contributed by atoms with E-state index in [9.17, 15) is 0 Å². The Labute approximate surface area is 194 Å². The molecular weight excluding hydrogens is 420 g/mol. The van der Waals surface area contributed by atoms with Crippen molar-refractivity contribution >= 4 is 43.6 Å². The average Bonchev–Trinajstić information content (AvgIpc) is 2.91. The number of para-hydroxylation sites is 1. The average molecular weight is 436 g/mol. The summed E-state index contributed by atoms with van der Waals surface area (Å²) in [5.74, 6) is 0.670. The van der Waals surface area contributed by atoms with E-state index < -0.39 is 0 Å². The van der Waals surface area contributed by atoms with Crippen LogP contribution in [-0.4, -0.2) is 29.9 Å². The molecule has 0 unspecified atom stereocenters. The maximum absolute atomic E-state index is 4.97. The molecule has 0 N–H and O–H groups in total. The van der Waals surface area contributed by atoms with E-state index >= 15 is 0 Å². The van der Waals surface area contributed by atoms with Crippen molar-refractivity contribution in [2.45, 2.75) is 0 Å². The standard InChI is InChI=1S/C28H16N6/c1-2-7-23-18(4-1)14-31-28(34-23)17-9-11-24-25(12-17)33-26(15-30-24)21-5-3-6-22-20(21)10-8-19-13-29-16-32-27(19)22/h1-16H. The normalized spacial score (nSPS) is 11.5. The van der Waals surface area contributed by atoms with Crippen LogP contribution >= 0.6 is 0 Å². The molecule has 0 saturated carbocycles. The van der Waals surface area contributed by atoms with Gasteiger partial charge in [0, 0.05) is 39.7 Å². The molecule has 7 rings (SSSR count). The van der Waals surface area contributed by atoms with E-state index in [1.54, 1.807) is 6.33 Å². The second-order valence-electron chi connectivity index (χ2n) is 8.14. The highest BCUT2D eigenvalue weighted by Crippen LogP contribution is 2.32. The van der Waals surface area contributed by atoms with Crippen LogP contribution in [0.4, 0.5) is 0 Å². The van der Waals surface area contributed by atoms with Crippen molar-refractivity contribution < 1.29 is 0 Å². The summed E-state index contributed by atoms with van der Waals surface area (Å²) in [4.78, 5) is 27.6. The third-order valence-electron chi connectivity index (χ3n) is 6.10. The summed E-state index contributed by atoms with van der Waals surface area (Å²) in [6, 6.07) is 24.3. The van der Waals surface area contributed by atoms with Gasteiger partial charge in [-0.15, -0.1) is 0 Å². The summed E-state index contributed by atoms with van der Waals surface area (Å²) in [5, 5.41) is 4.17. The van der Waals surface area contributed by atoms with Crippen LogP contribution in [0.25, 0.3) is 66.3 Å². The Morgan fingerprint density at radius 1 is 0.559 bits per heavy atom. The van der Waals surface area contributed by atoms with Crippen LogP contribution in [0, 0.1) is 0 Å². The summed E-state index contributed by atoms with van der Waals surface area (Å²) in [6.45, 7) is 0. The zero-order chi connectivity index (χ0) is 22.5. The smallest absolute Gasteiger partial charge is 0.159 e. The highest BCUT2D eigenvalue weighted by molar-refractivity contribution is 6.09. The zero-order valence-corrected chi connectivity index (χ0v) is 17.9. The number of rotatable bonds is 2. The summed E-state index contributed by atoms with van der Waals surface area (Å²) < 4.78 is 0. The van der Waals surface area contributed by atoms with Crippen LogP contribution in [0.2, 0.25) is 0 Å². The Morgan fingerprint density at radius 3 is 2.53 bits per heavy atom. The van der Waals surface area contributed by atoms with Crippen LogP contribution in [0.5, 0.6) is 0 Å². The first-order chi connectivity index (χ1) is 16.8. The first kappa shape index (κ1) is 18.7. The number of benzene rings is 4. The maximum atomic E-state index is 4.97. The Bertz CT molecular complexity index is 1880. The molecule has 0 aliphatic rings. The van der Waals surface area contributed by atoms with Crippen molar-refractivity contribution in [2.75, 3.05) is 0 Å². The van der Waals surface area contributed by atoms with E-state index in [1.165, 1.54) is 0 Å². The first-order valence-corrected chi connectivity index (χ1v) is 10.9. The van der Waals surface area contributed by atoms with Crippen LogP contribution in [0.3, 0.4) is 0 Å². The van der Waals surface area contributed by atoms with Gasteiger partial charge in [-0.2, -0.15) is 0 Å². The minimum Gasteiger partial charge on any atom is -0.252 e. The van der Waals surface area contributed by atoms with Crippen molar-refractivity contribution in [1.82, 2.24) is 29.9 Å². The molecule has 6 nitrogen and oxygen atoms in total. The minimum atomic E-state index is 0.670. The van der Waals surface area contributed by atoms with Gasteiger partial charge in [0.2, 0.25) is 0 Å². The molecule has 0 aliphatic heterocycles. The summed E-state index contributed by atoms with van der Waals surface area (Å²) >= 11 is 0. The molecule has 4 aromatic carbocycles. The Balaban J connectivity index is 1.39. The van der Waals surface area contributed by atoms with Gasteiger partial charge in [-0.1, -0.05) is 48.5 Å². The van der Waals surface area contributed by atoms with E-state index in [4.69, 9.17) is 9.97 Å². The Kier molecular flexibility index (Phi) is 4.04. The van der Waals surface area contributed by atoms with Crippen molar-refractivity contribution in [1.29, 1.82) is 0 Å². The minimum absolute atomic E-state index is 0.670. The molecule has 0 atom stereocenters. The van der Waals surface area contributed by atoms with Crippen molar-refractivity contribution in [2.24, 2.45) is 0 Å². The lowest BCUT2D eigenvalue weighted by Crippen LogP contribution is -1.93. The lowest BCUT2D eigenvalue weighted by molar-refractivity contribution is 1.22. The first-order valence-electron chi connectivity index (χ1n) is 10.9. The molecule has 34 heavy (non-hydrogen) atoms. The van der Waals surface area contributed by atoms with Crippen molar-refractivity contribution in [3.8, 4) is 22.6 Å². The van der Waals surface area contributed by atoms with Gasteiger partial charge >= 0.3 is 0 Å². The molecule has 158 valence electrons. The van der Waals surface area contributed by atoms with Gasteiger partial charge in [0.1, 0.15) is 6.33 Å². The number of hydrogen-bond donors (Lipinski definition) is 0. The van der Waals surface area contributed by atoms with Gasteiger partial charge in [0.05, 0.1) is 34.0 Å². The van der Waals surface area contributed by atoms with E-state index in [0.717, 1.165) is 60.4 Å². The van der Waals surface area contributed by atoms with Gasteiger partial charge in [-0.25, -0.2) is 24.9 Å². The highest BCUT2D eigenvalue weighted by atomic mass is 14.9. The van der Waals surface area contributed by atoms with E-state index in [0.29, 0.717) is 5.82 Å². The third-order valence-corrected chi connectivity index (χ3v) is 6.10. The lowest BCUT2D eigenvalue weighted by Gasteiger charge is -2.09.